The highest BCUT2D eigenvalue weighted by molar-refractivity contribution is 4.59. The summed E-state index contributed by atoms with van der Waals surface area (Å²) >= 11 is 0. The van der Waals surface area contributed by atoms with Gasteiger partial charge in [-0.1, -0.05) is 6.92 Å². The summed E-state index contributed by atoms with van der Waals surface area (Å²) in [7, 11) is 1.25. The summed E-state index contributed by atoms with van der Waals surface area (Å²) in [4.78, 5) is 0. The van der Waals surface area contributed by atoms with Crippen LogP contribution in [0.25, 0.3) is 0 Å². The lowest BCUT2D eigenvalue weighted by molar-refractivity contribution is -0.180. The smallest absolute Gasteiger partial charge is 0.384 e. The van der Waals surface area contributed by atoms with Gasteiger partial charge in [-0.25, -0.2) is 0 Å². The lowest BCUT2D eigenvalue weighted by atomic mass is 10.2. The van der Waals surface area contributed by atoms with Crippen LogP contribution < -0.4 is 0 Å². The van der Waals surface area contributed by atoms with Gasteiger partial charge in [-0.05, 0) is 0 Å². The summed E-state index contributed by atoms with van der Waals surface area (Å²) in [5.74, 6) is -1.36. The van der Waals surface area contributed by atoms with Crippen molar-refractivity contribution in [1.82, 2.24) is 0 Å². The first-order valence-corrected chi connectivity index (χ1v) is 2.54. The lowest BCUT2D eigenvalue weighted by Gasteiger charge is -2.13. The molecule has 56 valence electrons. The van der Waals surface area contributed by atoms with Crippen LogP contribution in [0.2, 0.25) is 0 Å². The van der Waals surface area contributed by atoms with E-state index in [1.165, 1.54) is 7.11 Å². The molecule has 0 aromatic rings. The maximum Gasteiger partial charge on any atom is 0.393 e. The maximum atomic E-state index is 11.6. The molecule has 0 rings (SSSR count). The van der Waals surface area contributed by atoms with Crippen LogP contribution in [0, 0.1) is 5.92 Å². The molecule has 0 spiro atoms. The second-order valence-corrected chi connectivity index (χ2v) is 1.90. The van der Waals surface area contributed by atoms with Crippen LogP contribution in [0.1, 0.15) is 6.92 Å². The van der Waals surface area contributed by atoms with E-state index in [0.29, 0.717) is 0 Å². The number of ether oxygens (including phenoxy) is 1. The quantitative estimate of drug-likeness (QED) is 0.571. The van der Waals surface area contributed by atoms with Gasteiger partial charge in [-0.2, -0.15) is 13.2 Å². The topological polar surface area (TPSA) is 9.23 Å². The first-order valence-electron chi connectivity index (χ1n) is 2.54. The highest BCUT2D eigenvalue weighted by Crippen LogP contribution is 2.25. The van der Waals surface area contributed by atoms with Gasteiger partial charge >= 0.3 is 6.18 Å². The van der Waals surface area contributed by atoms with Crippen molar-refractivity contribution in [2.75, 3.05) is 13.7 Å². The molecule has 0 bridgehead atoms. The first kappa shape index (κ1) is 8.75. The summed E-state index contributed by atoms with van der Waals surface area (Å²) in [6.07, 6.45) is -4.12. The zero-order valence-corrected chi connectivity index (χ0v) is 5.33. The third kappa shape index (κ3) is 3.35. The van der Waals surface area contributed by atoms with Crippen LogP contribution in [-0.4, -0.2) is 19.9 Å². The Morgan fingerprint density at radius 1 is 1.44 bits per heavy atom. The van der Waals surface area contributed by atoms with Crippen molar-refractivity contribution < 1.29 is 17.9 Å². The minimum atomic E-state index is -4.12. The van der Waals surface area contributed by atoms with E-state index in [0.717, 1.165) is 6.92 Å². The van der Waals surface area contributed by atoms with E-state index in [-0.39, 0.29) is 6.61 Å². The van der Waals surface area contributed by atoms with E-state index >= 15 is 0 Å². The number of rotatable bonds is 2. The highest BCUT2D eigenvalue weighted by Gasteiger charge is 2.35. The monoisotopic (exact) mass is 142 g/mol. The molecule has 4 heteroatoms. The lowest BCUT2D eigenvalue weighted by Crippen LogP contribution is -2.23. The van der Waals surface area contributed by atoms with Crippen LogP contribution in [0.5, 0.6) is 0 Å². The van der Waals surface area contributed by atoms with Crippen LogP contribution >= 0.6 is 0 Å². The number of hydrogen-bond acceptors (Lipinski definition) is 1. The predicted molar refractivity (Wildman–Crippen MR) is 27.1 cm³/mol. The van der Waals surface area contributed by atoms with Crippen molar-refractivity contribution in [2.45, 2.75) is 13.1 Å². The van der Waals surface area contributed by atoms with E-state index in [1.807, 2.05) is 0 Å². The molecule has 0 N–H and O–H groups in total. The maximum absolute atomic E-state index is 11.6. The standard InChI is InChI=1S/C5H9F3O/c1-4(3-9-2)5(6,7)8/h4H,3H2,1-2H3/t4-/m0/s1. The summed E-state index contributed by atoms with van der Waals surface area (Å²) in [6.45, 7) is 0.826. The van der Waals surface area contributed by atoms with Gasteiger partial charge in [0.2, 0.25) is 0 Å². The average molecular weight is 142 g/mol. The largest absolute Gasteiger partial charge is 0.393 e. The van der Waals surface area contributed by atoms with Gasteiger partial charge in [-0.3, -0.25) is 0 Å². The van der Waals surface area contributed by atoms with Crippen molar-refractivity contribution >= 4 is 0 Å². The molecule has 0 aromatic carbocycles. The zero-order chi connectivity index (χ0) is 7.49. The third-order valence-electron chi connectivity index (χ3n) is 0.975. The Bertz CT molecular complexity index is 78.8. The van der Waals surface area contributed by atoms with Crippen LogP contribution in [0.3, 0.4) is 0 Å². The molecule has 0 radical (unpaired) electrons. The average Bonchev–Trinajstić information content (AvgIpc) is 1.64. The molecular weight excluding hydrogens is 133 g/mol. The van der Waals surface area contributed by atoms with Crippen LogP contribution in [-0.2, 0) is 4.74 Å². The fourth-order valence-corrected chi connectivity index (χ4v) is 0.344. The van der Waals surface area contributed by atoms with Crippen molar-refractivity contribution in [2.24, 2.45) is 5.92 Å². The van der Waals surface area contributed by atoms with E-state index in [9.17, 15) is 13.2 Å². The summed E-state index contributed by atoms with van der Waals surface area (Å²) in [5, 5.41) is 0. The van der Waals surface area contributed by atoms with Crippen LogP contribution in [0.15, 0.2) is 0 Å². The Kier molecular flexibility index (Phi) is 2.97. The molecule has 0 fully saturated rings. The first-order chi connectivity index (χ1) is 3.98. The summed E-state index contributed by atoms with van der Waals surface area (Å²) < 4.78 is 39.0. The predicted octanol–water partition coefficient (Wildman–Crippen LogP) is 1.83. The van der Waals surface area contributed by atoms with Gasteiger partial charge in [0.05, 0.1) is 12.5 Å². The number of methoxy groups -OCH3 is 1. The van der Waals surface area contributed by atoms with Crippen LogP contribution in [0.4, 0.5) is 13.2 Å². The zero-order valence-electron chi connectivity index (χ0n) is 5.33. The Balaban J connectivity index is 3.59. The third-order valence-corrected chi connectivity index (χ3v) is 0.975. The molecule has 0 aromatic heterocycles. The SMILES string of the molecule is COC[C@H](C)C(F)(F)F. The number of halogens is 3. The highest BCUT2D eigenvalue weighted by atomic mass is 19.4. The van der Waals surface area contributed by atoms with Crippen molar-refractivity contribution in [3.63, 3.8) is 0 Å². The number of hydrogen-bond donors (Lipinski definition) is 0. The Morgan fingerprint density at radius 2 is 1.89 bits per heavy atom. The fraction of sp³-hybridized carbons (Fsp3) is 1.00. The van der Waals surface area contributed by atoms with Crippen molar-refractivity contribution in [3.05, 3.63) is 0 Å². The molecule has 0 aliphatic rings. The van der Waals surface area contributed by atoms with E-state index in [4.69, 9.17) is 0 Å². The molecule has 0 heterocycles. The van der Waals surface area contributed by atoms with Crippen molar-refractivity contribution in [1.29, 1.82) is 0 Å². The second-order valence-electron chi connectivity index (χ2n) is 1.90. The van der Waals surface area contributed by atoms with Gasteiger partial charge in [-0.15, -0.1) is 0 Å². The molecule has 0 saturated carbocycles. The molecule has 1 atom stereocenters. The minimum Gasteiger partial charge on any atom is -0.384 e. The Labute approximate surface area is 51.8 Å². The molecule has 0 aliphatic heterocycles. The Morgan fingerprint density at radius 3 is 2.00 bits per heavy atom. The minimum absolute atomic E-state index is 0.260. The summed E-state index contributed by atoms with van der Waals surface area (Å²) in [5.41, 5.74) is 0. The van der Waals surface area contributed by atoms with E-state index in [1.54, 1.807) is 0 Å². The number of alkyl halides is 3. The van der Waals surface area contributed by atoms with Gasteiger partial charge in [0.25, 0.3) is 0 Å². The van der Waals surface area contributed by atoms with Crippen molar-refractivity contribution in [3.8, 4) is 0 Å². The normalized spacial score (nSPS) is 15.7. The molecule has 9 heavy (non-hydrogen) atoms. The fourth-order valence-electron chi connectivity index (χ4n) is 0.344. The molecule has 0 unspecified atom stereocenters. The molecule has 0 amide bonds. The van der Waals surface area contributed by atoms with Gasteiger partial charge in [0, 0.05) is 7.11 Å². The summed E-state index contributed by atoms with van der Waals surface area (Å²) in [6, 6.07) is 0. The van der Waals surface area contributed by atoms with Gasteiger partial charge < -0.3 is 4.74 Å². The molecule has 1 nitrogen and oxygen atoms in total. The second kappa shape index (κ2) is 3.06. The molecular formula is C5H9F3O. The molecule has 0 saturated heterocycles. The van der Waals surface area contributed by atoms with Gasteiger partial charge in [0.1, 0.15) is 0 Å². The van der Waals surface area contributed by atoms with E-state index < -0.39 is 12.1 Å². The molecule has 0 aliphatic carbocycles. The Hall–Kier alpha value is -0.250. The van der Waals surface area contributed by atoms with E-state index in [2.05, 4.69) is 4.74 Å². The van der Waals surface area contributed by atoms with Gasteiger partial charge in [0.15, 0.2) is 0 Å².